The number of rotatable bonds is 6. The van der Waals surface area contributed by atoms with Crippen LogP contribution >= 0.6 is 0 Å². The highest BCUT2D eigenvalue weighted by Crippen LogP contribution is 2.26. The van der Waals surface area contributed by atoms with Gasteiger partial charge in [-0.1, -0.05) is 13.8 Å². The van der Waals surface area contributed by atoms with Crippen molar-refractivity contribution in [2.75, 3.05) is 11.9 Å². The van der Waals surface area contributed by atoms with E-state index < -0.39 is 0 Å². The Kier molecular flexibility index (Phi) is 4.98. The van der Waals surface area contributed by atoms with Crippen LogP contribution < -0.4 is 10.1 Å². The van der Waals surface area contributed by atoms with Crippen molar-refractivity contribution in [2.24, 2.45) is 5.92 Å². The number of hydrogen-bond acceptors (Lipinski definition) is 6. The van der Waals surface area contributed by atoms with E-state index in [0.29, 0.717) is 35.2 Å². The van der Waals surface area contributed by atoms with E-state index in [0.717, 1.165) is 0 Å². The first kappa shape index (κ1) is 16.6. The molecule has 1 N–H and O–H groups in total. The molecule has 0 aliphatic carbocycles. The summed E-state index contributed by atoms with van der Waals surface area (Å²) >= 11 is 0. The summed E-state index contributed by atoms with van der Waals surface area (Å²) in [4.78, 5) is 16.2. The summed E-state index contributed by atoms with van der Waals surface area (Å²) in [5.74, 6) is 0.802. The number of carbonyl (C=O) groups excluding carboxylic acids is 1. The Morgan fingerprint density at radius 1 is 1.24 bits per heavy atom. The average Bonchev–Trinajstić information content (AvgIpc) is 3.15. The van der Waals surface area contributed by atoms with Crippen LogP contribution in [0.15, 0.2) is 49.1 Å². The van der Waals surface area contributed by atoms with Gasteiger partial charge in [0, 0.05) is 23.6 Å². The number of pyridine rings is 1. The molecule has 3 rings (SSSR count). The Morgan fingerprint density at radius 3 is 2.72 bits per heavy atom. The SMILES string of the molecule is CC(C)COc1ccc(NC(=O)c2ccncc2)cc1-n1cnnn1. The molecule has 0 unspecified atom stereocenters. The number of hydrogen-bond donors (Lipinski definition) is 1. The number of benzene rings is 1. The fraction of sp³-hybridized carbons (Fsp3) is 0.235. The van der Waals surface area contributed by atoms with Crippen LogP contribution in [0.2, 0.25) is 0 Å². The van der Waals surface area contributed by atoms with Gasteiger partial charge in [0.1, 0.15) is 17.8 Å². The molecular formula is C17H18N6O2. The molecule has 2 heterocycles. The van der Waals surface area contributed by atoms with Crippen molar-refractivity contribution in [3.05, 3.63) is 54.6 Å². The molecule has 25 heavy (non-hydrogen) atoms. The first-order chi connectivity index (χ1) is 12.1. The van der Waals surface area contributed by atoms with Crippen LogP contribution in [0.5, 0.6) is 5.75 Å². The molecule has 0 saturated heterocycles. The van der Waals surface area contributed by atoms with E-state index in [-0.39, 0.29) is 5.91 Å². The molecule has 2 aromatic heterocycles. The predicted molar refractivity (Wildman–Crippen MR) is 91.7 cm³/mol. The average molecular weight is 338 g/mol. The van der Waals surface area contributed by atoms with E-state index in [1.165, 1.54) is 11.0 Å². The fourth-order valence-corrected chi connectivity index (χ4v) is 2.13. The third-order valence-electron chi connectivity index (χ3n) is 3.33. The highest BCUT2D eigenvalue weighted by molar-refractivity contribution is 6.04. The Balaban J connectivity index is 1.86. The minimum atomic E-state index is -0.221. The van der Waals surface area contributed by atoms with Gasteiger partial charge in [-0.05, 0) is 46.7 Å². The predicted octanol–water partition coefficient (Wildman–Crippen LogP) is 2.34. The zero-order chi connectivity index (χ0) is 17.6. The van der Waals surface area contributed by atoms with Crippen molar-refractivity contribution in [3.63, 3.8) is 0 Å². The molecule has 0 aliphatic heterocycles. The molecular weight excluding hydrogens is 320 g/mol. The molecule has 0 radical (unpaired) electrons. The van der Waals surface area contributed by atoms with Crippen molar-refractivity contribution >= 4 is 11.6 Å². The summed E-state index contributed by atoms with van der Waals surface area (Å²) in [5, 5.41) is 14.1. The van der Waals surface area contributed by atoms with Crippen molar-refractivity contribution < 1.29 is 9.53 Å². The number of nitrogens with one attached hydrogen (secondary N) is 1. The first-order valence-corrected chi connectivity index (χ1v) is 7.85. The molecule has 0 bridgehead atoms. The standard InChI is InChI=1S/C17H18N6O2/c1-12(2)10-25-16-4-3-14(9-15(16)23-11-19-21-22-23)20-17(24)13-5-7-18-8-6-13/h3-9,11-12H,10H2,1-2H3,(H,20,24). The van der Waals surface area contributed by atoms with Crippen molar-refractivity contribution in [3.8, 4) is 11.4 Å². The van der Waals surface area contributed by atoms with E-state index in [4.69, 9.17) is 4.74 Å². The number of amides is 1. The largest absolute Gasteiger partial charge is 0.491 e. The van der Waals surface area contributed by atoms with E-state index in [1.54, 1.807) is 42.7 Å². The normalized spacial score (nSPS) is 10.7. The Hall–Kier alpha value is -3.29. The van der Waals surface area contributed by atoms with Gasteiger partial charge in [0.05, 0.1) is 6.61 Å². The van der Waals surface area contributed by atoms with Crippen LogP contribution in [0, 0.1) is 5.92 Å². The summed E-state index contributed by atoms with van der Waals surface area (Å²) in [6, 6.07) is 8.64. The summed E-state index contributed by atoms with van der Waals surface area (Å²) in [5.41, 5.74) is 1.79. The van der Waals surface area contributed by atoms with Crippen LogP contribution in [-0.4, -0.2) is 37.7 Å². The third-order valence-corrected chi connectivity index (χ3v) is 3.33. The Morgan fingerprint density at radius 2 is 2.04 bits per heavy atom. The second kappa shape index (κ2) is 7.52. The van der Waals surface area contributed by atoms with E-state index in [2.05, 4.69) is 39.7 Å². The highest BCUT2D eigenvalue weighted by Gasteiger charge is 2.12. The maximum atomic E-state index is 12.3. The van der Waals surface area contributed by atoms with Gasteiger partial charge in [-0.2, -0.15) is 4.68 Å². The lowest BCUT2D eigenvalue weighted by molar-refractivity contribution is 0.102. The van der Waals surface area contributed by atoms with Crippen LogP contribution in [0.3, 0.4) is 0 Å². The molecule has 1 amide bonds. The minimum Gasteiger partial charge on any atom is -0.491 e. The van der Waals surface area contributed by atoms with Crippen LogP contribution in [0.25, 0.3) is 5.69 Å². The second-order valence-corrected chi connectivity index (χ2v) is 5.83. The molecule has 1 aromatic carbocycles. The van der Waals surface area contributed by atoms with Gasteiger partial charge >= 0.3 is 0 Å². The molecule has 128 valence electrons. The summed E-state index contributed by atoms with van der Waals surface area (Å²) in [7, 11) is 0. The lowest BCUT2D eigenvalue weighted by atomic mass is 10.2. The zero-order valence-corrected chi connectivity index (χ0v) is 14.0. The lowest BCUT2D eigenvalue weighted by Gasteiger charge is -2.14. The fourth-order valence-electron chi connectivity index (χ4n) is 2.13. The van der Waals surface area contributed by atoms with Crippen molar-refractivity contribution in [2.45, 2.75) is 13.8 Å². The number of tetrazole rings is 1. The first-order valence-electron chi connectivity index (χ1n) is 7.85. The smallest absolute Gasteiger partial charge is 0.255 e. The van der Waals surface area contributed by atoms with Crippen LogP contribution in [0.1, 0.15) is 24.2 Å². The number of carbonyl (C=O) groups is 1. The summed E-state index contributed by atoms with van der Waals surface area (Å²) < 4.78 is 7.33. The van der Waals surface area contributed by atoms with E-state index in [1.807, 2.05) is 0 Å². The van der Waals surface area contributed by atoms with Crippen molar-refractivity contribution in [1.82, 2.24) is 25.2 Å². The lowest BCUT2D eigenvalue weighted by Crippen LogP contribution is -2.13. The van der Waals surface area contributed by atoms with Gasteiger partial charge < -0.3 is 10.1 Å². The maximum absolute atomic E-state index is 12.3. The molecule has 8 heteroatoms. The number of anilines is 1. The number of ether oxygens (including phenoxy) is 1. The zero-order valence-electron chi connectivity index (χ0n) is 14.0. The van der Waals surface area contributed by atoms with Crippen molar-refractivity contribution in [1.29, 1.82) is 0 Å². The summed E-state index contributed by atoms with van der Waals surface area (Å²) in [6.45, 7) is 4.71. The van der Waals surface area contributed by atoms with Gasteiger partial charge in [-0.15, -0.1) is 5.10 Å². The topological polar surface area (TPSA) is 94.8 Å². The van der Waals surface area contributed by atoms with Gasteiger partial charge in [0.15, 0.2) is 0 Å². The molecule has 0 atom stereocenters. The molecule has 0 saturated carbocycles. The maximum Gasteiger partial charge on any atom is 0.255 e. The van der Waals surface area contributed by atoms with Gasteiger partial charge in [0.25, 0.3) is 5.91 Å². The Bertz CT molecular complexity index is 834. The second-order valence-electron chi connectivity index (χ2n) is 5.83. The van der Waals surface area contributed by atoms with Crippen LogP contribution in [-0.2, 0) is 0 Å². The Labute approximate surface area is 144 Å². The molecule has 0 aliphatic rings. The van der Waals surface area contributed by atoms with Gasteiger partial charge in [0.2, 0.25) is 0 Å². The molecule has 0 fully saturated rings. The monoisotopic (exact) mass is 338 g/mol. The quantitative estimate of drug-likeness (QED) is 0.741. The number of aromatic nitrogens is 5. The minimum absolute atomic E-state index is 0.221. The van der Waals surface area contributed by atoms with Gasteiger partial charge in [-0.3, -0.25) is 9.78 Å². The van der Waals surface area contributed by atoms with E-state index in [9.17, 15) is 4.79 Å². The molecule has 8 nitrogen and oxygen atoms in total. The molecule has 0 spiro atoms. The van der Waals surface area contributed by atoms with E-state index >= 15 is 0 Å². The van der Waals surface area contributed by atoms with Gasteiger partial charge in [-0.25, -0.2) is 0 Å². The van der Waals surface area contributed by atoms with Crippen LogP contribution in [0.4, 0.5) is 5.69 Å². The number of nitrogens with zero attached hydrogens (tertiary/aromatic N) is 5. The third kappa shape index (κ3) is 4.17. The highest BCUT2D eigenvalue weighted by atomic mass is 16.5. The summed E-state index contributed by atoms with van der Waals surface area (Å²) in [6.07, 6.45) is 4.63. The molecule has 3 aromatic rings.